The molecule has 0 aliphatic rings. The summed E-state index contributed by atoms with van der Waals surface area (Å²) in [7, 11) is 1.80. The fourth-order valence-corrected chi connectivity index (χ4v) is 1.85. The molecule has 0 saturated heterocycles. The minimum absolute atomic E-state index is 0.0766. The van der Waals surface area contributed by atoms with Crippen molar-refractivity contribution in [2.24, 2.45) is 7.05 Å². The predicted octanol–water partition coefficient (Wildman–Crippen LogP) is 1.37. The number of nitrogens with zero attached hydrogens (tertiary/aromatic N) is 4. The lowest BCUT2D eigenvalue weighted by Gasteiger charge is -2.02. The molecule has 0 spiro atoms. The van der Waals surface area contributed by atoms with Crippen LogP contribution in [0.3, 0.4) is 0 Å². The number of rotatable bonds is 4. The molecular formula is C12H16N4O. The van der Waals surface area contributed by atoms with Crippen molar-refractivity contribution in [3.63, 3.8) is 0 Å². The van der Waals surface area contributed by atoms with Gasteiger partial charge in [0.25, 0.3) is 0 Å². The Morgan fingerprint density at radius 3 is 2.82 bits per heavy atom. The lowest BCUT2D eigenvalue weighted by molar-refractivity contribution is 0.0990. The van der Waals surface area contributed by atoms with E-state index in [0.29, 0.717) is 12.0 Å². The van der Waals surface area contributed by atoms with Crippen molar-refractivity contribution < 1.29 is 4.79 Å². The Balaban J connectivity index is 2.18. The molecule has 5 heteroatoms. The number of aryl methyl sites for hydroxylation is 3. The lowest BCUT2D eigenvalue weighted by Crippen LogP contribution is -2.09. The first-order valence-corrected chi connectivity index (χ1v) is 5.65. The van der Waals surface area contributed by atoms with E-state index in [1.54, 1.807) is 24.1 Å². The van der Waals surface area contributed by atoms with Crippen LogP contribution in [-0.4, -0.2) is 25.3 Å². The second kappa shape index (κ2) is 4.53. The number of ketones is 1. The summed E-state index contributed by atoms with van der Waals surface area (Å²) in [5, 5.41) is 8.33. The highest BCUT2D eigenvalue weighted by Crippen LogP contribution is 2.09. The van der Waals surface area contributed by atoms with Crippen LogP contribution in [0.5, 0.6) is 0 Å². The van der Waals surface area contributed by atoms with Crippen LogP contribution in [0.4, 0.5) is 0 Å². The van der Waals surface area contributed by atoms with Crippen molar-refractivity contribution in [2.75, 3.05) is 0 Å². The smallest absolute Gasteiger partial charge is 0.171 e. The SMILES string of the molecule is CCn1nc(C)cc1CC(=O)c1cnn(C)c1. The van der Waals surface area contributed by atoms with Gasteiger partial charge in [-0.2, -0.15) is 10.2 Å². The van der Waals surface area contributed by atoms with Crippen LogP contribution in [0.2, 0.25) is 0 Å². The van der Waals surface area contributed by atoms with Gasteiger partial charge in [-0.25, -0.2) is 0 Å². The highest BCUT2D eigenvalue weighted by atomic mass is 16.1. The molecule has 0 aliphatic carbocycles. The van der Waals surface area contributed by atoms with Gasteiger partial charge < -0.3 is 0 Å². The third-order valence-corrected chi connectivity index (χ3v) is 2.65. The largest absolute Gasteiger partial charge is 0.294 e. The van der Waals surface area contributed by atoms with Crippen LogP contribution in [0.15, 0.2) is 18.5 Å². The quantitative estimate of drug-likeness (QED) is 0.748. The molecule has 0 fully saturated rings. The van der Waals surface area contributed by atoms with Crippen LogP contribution < -0.4 is 0 Å². The average molecular weight is 232 g/mol. The van der Waals surface area contributed by atoms with Gasteiger partial charge in [0.2, 0.25) is 0 Å². The standard InChI is InChI=1S/C12H16N4O/c1-4-16-11(5-9(2)14-16)6-12(17)10-7-13-15(3)8-10/h5,7-8H,4,6H2,1-3H3. The van der Waals surface area contributed by atoms with Crippen LogP contribution in [-0.2, 0) is 20.0 Å². The summed E-state index contributed by atoms with van der Waals surface area (Å²) in [4.78, 5) is 12.0. The molecule has 17 heavy (non-hydrogen) atoms. The van der Waals surface area contributed by atoms with Crippen molar-refractivity contribution in [2.45, 2.75) is 26.8 Å². The molecular weight excluding hydrogens is 216 g/mol. The molecule has 0 radical (unpaired) electrons. The summed E-state index contributed by atoms with van der Waals surface area (Å²) < 4.78 is 3.50. The normalized spacial score (nSPS) is 10.8. The number of Topliss-reactive ketones (excluding diaryl/α,β-unsaturated/α-hetero) is 1. The molecule has 2 heterocycles. The van der Waals surface area contributed by atoms with Crippen LogP contribution in [0.25, 0.3) is 0 Å². The average Bonchev–Trinajstić information content (AvgIpc) is 2.85. The summed E-state index contributed by atoms with van der Waals surface area (Å²) in [5.74, 6) is 0.0766. The Morgan fingerprint density at radius 2 is 2.24 bits per heavy atom. The van der Waals surface area contributed by atoms with E-state index in [0.717, 1.165) is 17.9 Å². The van der Waals surface area contributed by atoms with Gasteiger partial charge in [-0.15, -0.1) is 0 Å². The van der Waals surface area contributed by atoms with Gasteiger partial charge in [0, 0.05) is 25.5 Å². The highest BCUT2D eigenvalue weighted by molar-refractivity contribution is 5.96. The van der Waals surface area contributed by atoms with Gasteiger partial charge in [0.15, 0.2) is 5.78 Å². The zero-order chi connectivity index (χ0) is 12.4. The van der Waals surface area contributed by atoms with Gasteiger partial charge in [0.1, 0.15) is 0 Å². The first kappa shape index (κ1) is 11.6. The molecule has 0 bridgehead atoms. The van der Waals surface area contributed by atoms with Gasteiger partial charge >= 0.3 is 0 Å². The van der Waals surface area contributed by atoms with Crippen molar-refractivity contribution in [3.8, 4) is 0 Å². The van der Waals surface area contributed by atoms with E-state index >= 15 is 0 Å². The third kappa shape index (κ3) is 2.43. The molecule has 90 valence electrons. The molecule has 2 aromatic heterocycles. The molecule has 0 amide bonds. The Labute approximate surface area is 100 Å². The lowest BCUT2D eigenvalue weighted by atomic mass is 10.1. The van der Waals surface area contributed by atoms with Gasteiger partial charge in [-0.1, -0.05) is 0 Å². The first-order chi connectivity index (χ1) is 8.10. The zero-order valence-corrected chi connectivity index (χ0v) is 10.3. The Bertz CT molecular complexity index is 538. The zero-order valence-electron chi connectivity index (χ0n) is 10.3. The third-order valence-electron chi connectivity index (χ3n) is 2.65. The number of carbonyl (C=O) groups excluding carboxylic acids is 1. The van der Waals surface area contributed by atoms with E-state index in [-0.39, 0.29) is 5.78 Å². The maximum Gasteiger partial charge on any atom is 0.171 e. The Morgan fingerprint density at radius 1 is 1.47 bits per heavy atom. The van der Waals surface area contributed by atoms with Gasteiger partial charge in [0.05, 0.1) is 23.9 Å². The highest BCUT2D eigenvalue weighted by Gasteiger charge is 2.12. The molecule has 0 aromatic carbocycles. The first-order valence-electron chi connectivity index (χ1n) is 5.65. The van der Waals surface area contributed by atoms with Crippen molar-refractivity contribution >= 4 is 5.78 Å². The molecule has 2 rings (SSSR count). The Hall–Kier alpha value is -1.91. The fourth-order valence-electron chi connectivity index (χ4n) is 1.85. The van der Waals surface area contributed by atoms with Gasteiger partial charge in [-0.05, 0) is 19.9 Å². The molecule has 5 nitrogen and oxygen atoms in total. The summed E-state index contributed by atoms with van der Waals surface area (Å²) in [6.07, 6.45) is 3.71. The predicted molar refractivity (Wildman–Crippen MR) is 63.9 cm³/mol. The Kier molecular flexibility index (Phi) is 3.08. The van der Waals surface area contributed by atoms with Gasteiger partial charge in [-0.3, -0.25) is 14.2 Å². The molecule has 0 atom stereocenters. The maximum absolute atomic E-state index is 12.0. The van der Waals surface area contributed by atoms with Crippen LogP contribution in [0, 0.1) is 6.92 Å². The van der Waals surface area contributed by atoms with E-state index in [2.05, 4.69) is 10.2 Å². The summed E-state index contributed by atoms with van der Waals surface area (Å²) in [6.45, 7) is 4.73. The van der Waals surface area contributed by atoms with Crippen LogP contribution in [0.1, 0.15) is 28.7 Å². The minimum Gasteiger partial charge on any atom is -0.294 e. The number of hydrogen-bond acceptors (Lipinski definition) is 3. The molecule has 0 unspecified atom stereocenters. The van der Waals surface area contributed by atoms with Crippen LogP contribution >= 0.6 is 0 Å². The molecule has 2 aromatic rings. The summed E-state index contributed by atoms with van der Waals surface area (Å²) in [6, 6.07) is 1.96. The van der Waals surface area contributed by atoms with E-state index in [4.69, 9.17) is 0 Å². The van der Waals surface area contributed by atoms with E-state index in [9.17, 15) is 4.79 Å². The topological polar surface area (TPSA) is 52.7 Å². The summed E-state index contributed by atoms with van der Waals surface area (Å²) in [5.41, 5.74) is 2.55. The number of carbonyl (C=O) groups is 1. The summed E-state index contributed by atoms with van der Waals surface area (Å²) >= 11 is 0. The second-order valence-electron chi connectivity index (χ2n) is 4.10. The van der Waals surface area contributed by atoms with Crippen molar-refractivity contribution in [1.29, 1.82) is 0 Å². The monoisotopic (exact) mass is 232 g/mol. The fraction of sp³-hybridized carbons (Fsp3) is 0.417. The van der Waals surface area contributed by atoms with Crippen molar-refractivity contribution in [1.82, 2.24) is 19.6 Å². The molecule has 0 N–H and O–H groups in total. The van der Waals surface area contributed by atoms with E-state index in [1.807, 2.05) is 24.6 Å². The number of hydrogen-bond donors (Lipinski definition) is 0. The van der Waals surface area contributed by atoms with E-state index in [1.165, 1.54) is 0 Å². The van der Waals surface area contributed by atoms with E-state index < -0.39 is 0 Å². The molecule has 0 saturated carbocycles. The maximum atomic E-state index is 12.0. The minimum atomic E-state index is 0.0766. The molecule has 0 aliphatic heterocycles. The number of aromatic nitrogens is 4. The second-order valence-corrected chi connectivity index (χ2v) is 4.10. The van der Waals surface area contributed by atoms with Crippen molar-refractivity contribution in [3.05, 3.63) is 35.4 Å².